The van der Waals surface area contributed by atoms with Gasteiger partial charge in [-0.3, -0.25) is 9.69 Å². The van der Waals surface area contributed by atoms with Gasteiger partial charge in [0.05, 0.1) is 7.11 Å². The summed E-state index contributed by atoms with van der Waals surface area (Å²) in [7, 11) is 1.62. The molecule has 0 aliphatic carbocycles. The highest BCUT2D eigenvalue weighted by Gasteiger charge is 2.15. The third kappa shape index (κ3) is 6.86. The molecular formula is C30H38N2O3. The largest absolute Gasteiger partial charge is 0.493 e. The van der Waals surface area contributed by atoms with Crippen molar-refractivity contribution in [2.24, 2.45) is 0 Å². The van der Waals surface area contributed by atoms with Crippen molar-refractivity contribution in [1.82, 2.24) is 4.90 Å². The molecular weight excluding hydrogens is 436 g/mol. The molecule has 3 aromatic carbocycles. The standard InChI is InChI=1S/C30H38N2O3/c1-7-23-10-8-9-11-27(23)24-12-14-25(15-13-24)30(33)31-26-16-17-28(34-6)29(20-26)35-19-18-32(21(2)3)22(4)5/h8-17,20-22H,7,18-19H2,1-6H3,(H,31,33). The number of rotatable bonds is 11. The Morgan fingerprint density at radius 1 is 0.914 bits per heavy atom. The summed E-state index contributed by atoms with van der Waals surface area (Å²) in [5, 5.41) is 2.98. The number of nitrogens with one attached hydrogen (secondary N) is 1. The minimum Gasteiger partial charge on any atom is -0.493 e. The molecule has 1 N–H and O–H groups in total. The van der Waals surface area contributed by atoms with Crippen LogP contribution >= 0.6 is 0 Å². The second-order valence-corrected chi connectivity index (χ2v) is 9.18. The number of hydrogen-bond donors (Lipinski definition) is 1. The maximum atomic E-state index is 12.9. The number of hydrogen-bond acceptors (Lipinski definition) is 4. The van der Waals surface area contributed by atoms with E-state index in [1.165, 1.54) is 11.1 Å². The van der Waals surface area contributed by atoms with Gasteiger partial charge in [0.2, 0.25) is 0 Å². The minimum absolute atomic E-state index is 0.165. The molecule has 0 saturated carbocycles. The average Bonchev–Trinajstić information content (AvgIpc) is 2.86. The fraction of sp³-hybridized carbons (Fsp3) is 0.367. The van der Waals surface area contributed by atoms with Gasteiger partial charge < -0.3 is 14.8 Å². The van der Waals surface area contributed by atoms with E-state index in [1.54, 1.807) is 7.11 Å². The lowest BCUT2D eigenvalue weighted by Gasteiger charge is -2.30. The van der Waals surface area contributed by atoms with Crippen LogP contribution in [0, 0.1) is 0 Å². The number of carbonyl (C=O) groups is 1. The number of amides is 1. The van der Waals surface area contributed by atoms with Gasteiger partial charge in [0.1, 0.15) is 6.61 Å². The third-order valence-electron chi connectivity index (χ3n) is 6.21. The van der Waals surface area contributed by atoms with E-state index in [2.05, 4.69) is 63.0 Å². The normalized spacial score (nSPS) is 11.2. The average molecular weight is 475 g/mol. The first-order valence-electron chi connectivity index (χ1n) is 12.4. The van der Waals surface area contributed by atoms with Gasteiger partial charge in [-0.05, 0) is 75.1 Å². The van der Waals surface area contributed by atoms with Crippen molar-refractivity contribution in [1.29, 1.82) is 0 Å². The van der Waals surface area contributed by atoms with E-state index in [0.29, 0.717) is 41.4 Å². The number of aryl methyl sites for hydroxylation is 1. The van der Waals surface area contributed by atoms with Crippen molar-refractivity contribution < 1.29 is 14.3 Å². The van der Waals surface area contributed by atoms with Crippen LogP contribution in [-0.2, 0) is 6.42 Å². The van der Waals surface area contributed by atoms with Gasteiger partial charge in [0.25, 0.3) is 5.91 Å². The van der Waals surface area contributed by atoms with E-state index in [1.807, 2.05) is 48.5 Å². The highest BCUT2D eigenvalue weighted by Crippen LogP contribution is 2.31. The Bertz CT molecular complexity index is 1100. The van der Waals surface area contributed by atoms with Gasteiger partial charge in [-0.15, -0.1) is 0 Å². The molecule has 5 heteroatoms. The Morgan fingerprint density at radius 2 is 1.60 bits per heavy atom. The summed E-state index contributed by atoms with van der Waals surface area (Å²) < 4.78 is 11.5. The number of methoxy groups -OCH3 is 1. The Labute approximate surface area is 210 Å². The Balaban J connectivity index is 1.69. The van der Waals surface area contributed by atoms with Gasteiger partial charge in [-0.25, -0.2) is 0 Å². The molecule has 0 aromatic heterocycles. The van der Waals surface area contributed by atoms with Crippen LogP contribution in [-0.4, -0.2) is 43.2 Å². The van der Waals surface area contributed by atoms with Gasteiger partial charge in [0, 0.05) is 35.9 Å². The summed E-state index contributed by atoms with van der Waals surface area (Å²) in [6, 6.07) is 22.4. The summed E-state index contributed by atoms with van der Waals surface area (Å²) in [6.45, 7) is 12.2. The Hall–Kier alpha value is -3.31. The quantitative estimate of drug-likeness (QED) is 0.337. The molecule has 0 saturated heterocycles. The van der Waals surface area contributed by atoms with Crippen LogP contribution in [0.2, 0.25) is 0 Å². The zero-order valence-corrected chi connectivity index (χ0v) is 21.8. The van der Waals surface area contributed by atoms with E-state index >= 15 is 0 Å². The second-order valence-electron chi connectivity index (χ2n) is 9.18. The van der Waals surface area contributed by atoms with Crippen LogP contribution in [0.15, 0.2) is 66.7 Å². The van der Waals surface area contributed by atoms with Crippen LogP contribution < -0.4 is 14.8 Å². The van der Waals surface area contributed by atoms with Crippen LogP contribution in [0.3, 0.4) is 0 Å². The molecule has 0 aliphatic rings. The van der Waals surface area contributed by atoms with Crippen LogP contribution in [0.1, 0.15) is 50.5 Å². The lowest BCUT2D eigenvalue weighted by molar-refractivity contribution is 0.102. The molecule has 186 valence electrons. The molecule has 35 heavy (non-hydrogen) atoms. The minimum atomic E-state index is -0.165. The highest BCUT2D eigenvalue weighted by molar-refractivity contribution is 6.04. The summed E-state index contributed by atoms with van der Waals surface area (Å²) in [5.74, 6) is 1.09. The number of ether oxygens (including phenoxy) is 2. The fourth-order valence-electron chi connectivity index (χ4n) is 4.36. The smallest absolute Gasteiger partial charge is 0.255 e. The number of carbonyl (C=O) groups excluding carboxylic acids is 1. The van der Waals surface area contributed by atoms with Gasteiger partial charge >= 0.3 is 0 Å². The summed E-state index contributed by atoms with van der Waals surface area (Å²) >= 11 is 0. The predicted molar refractivity (Wildman–Crippen MR) is 145 cm³/mol. The van der Waals surface area contributed by atoms with Crippen LogP contribution in [0.25, 0.3) is 11.1 Å². The zero-order valence-electron chi connectivity index (χ0n) is 21.8. The van der Waals surface area contributed by atoms with Crippen molar-refractivity contribution in [3.8, 4) is 22.6 Å². The van der Waals surface area contributed by atoms with Crippen molar-refractivity contribution in [2.75, 3.05) is 25.6 Å². The van der Waals surface area contributed by atoms with Crippen molar-refractivity contribution in [2.45, 2.75) is 53.1 Å². The highest BCUT2D eigenvalue weighted by atomic mass is 16.5. The summed E-state index contributed by atoms with van der Waals surface area (Å²) in [5.41, 5.74) is 4.87. The van der Waals surface area contributed by atoms with Crippen molar-refractivity contribution in [3.63, 3.8) is 0 Å². The van der Waals surface area contributed by atoms with Crippen molar-refractivity contribution in [3.05, 3.63) is 77.9 Å². The predicted octanol–water partition coefficient (Wildman–Crippen LogP) is 6.67. The molecule has 0 unspecified atom stereocenters. The molecule has 5 nitrogen and oxygen atoms in total. The van der Waals surface area contributed by atoms with Gasteiger partial charge in [-0.2, -0.15) is 0 Å². The Morgan fingerprint density at radius 3 is 2.23 bits per heavy atom. The maximum absolute atomic E-state index is 12.9. The number of benzene rings is 3. The lowest BCUT2D eigenvalue weighted by Crippen LogP contribution is -2.39. The first-order chi connectivity index (χ1) is 16.8. The number of anilines is 1. The summed E-state index contributed by atoms with van der Waals surface area (Å²) in [6.07, 6.45) is 0.966. The molecule has 0 heterocycles. The SMILES string of the molecule is CCc1ccccc1-c1ccc(C(=O)Nc2ccc(OC)c(OCCN(C(C)C)C(C)C)c2)cc1. The molecule has 3 rings (SSSR count). The summed E-state index contributed by atoms with van der Waals surface area (Å²) in [4.78, 5) is 15.3. The molecule has 0 bridgehead atoms. The van der Waals surface area contributed by atoms with Crippen molar-refractivity contribution >= 4 is 11.6 Å². The van der Waals surface area contributed by atoms with E-state index in [-0.39, 0.29) is 5.91 Å². The van der Waals surface area contributed by atoms with E-state index in [0.717, 1.165) is 18.5 Å². The van der Waals surface area contributed by atoms with Crippen LogP contribution in [0.5, 0.6) is 11.5 Å². The molecule has 0 aliphatic heterocycles. The molecule has 1 amide bonds. The third-order valence-corrected chi connectivity index (χ3v) is 6.21. The molecule has 0 radical (unpaired) electrons. The fourth-order valence-corrected chi connectivity index (χ4v) is 4.36. The van der Waals surface area contributed by atoms with E-state index < -0.39 is 0 Å². The van der Waals surface area contributed by atoms with Gasteiger partial charge in [-0.1, -0.05) is 43.3 Å². The van der Waals surface area contributed by atoms with Crippen LogP contribution in [0.4, 0.5) is 5.69 Å². The monoisotopic (exact) mass is 474 g/mol. The maximum Gasteiger partial charge on any atom is 0.255 e. The molecule has 0 fully saturated rings. The zero-order chi connectivity index (χ0) is 25.4. The van der Waals surface area contributed by atoms with E-state index in [9.17, 15) is 4.79 Å². The Kier molecular flexibility index (Phi) is 9.32. The lowest BCUT2D eigenvalue weighted by atomic mass is 9.97. The second kappa shape index (κ2) is 12.4. The topological polar surface area (TPSA) is 50.8 Å². The first kappa shape index (κ1) is 26.3. The first-order valence-corrected chi connectivity index (χ1v) is 12.4. The van der Waals surface area contributed by atoms with E-state index in [4.69, 9.17) is 9.47 Å². The van der Waals surface area contributed by atoms with Gasteiger partial charge in [0.15, 0.2) is 11.5 Å². The molecule has 0 spiro atoms. The number of nitrogens with zero attached hydrogens (tertiary/aromatic N) is 1. The molecule has 0 atom stereocenters. The molecule has 3 aromatic rings.